The molecule has 0 radical (unpaired) electrons. The highest BCUT2D eigenvalue weighted by atomic mass is 35.5. The minimum Gasteiger partial charge on any atom is -0.351 e. The van der Waals surface area contributed by atoms with Gasteiger partial charge in [-0.2, -0.15) is 0 Å². The second-order valence-corrected chi connectivity index (χ2v) is 8.65. The van der Waals surface area contributed by atoms with Crippen LogP contribution in [0.1, 0.15) is 34.6 Å². The summed E-state index contributed by atoms with van der Waals surface area (Å²) in [6, 6.07) is 11.4. The molecule has 0 saturated heterocycles. The number of carbonyl (C=O) groups is 2. The molecule has 0 aliphatic heterocycles. The fourth-order valence-corrected chi connectivity index (χ4v) is 3.45. The number of nitrogens with one attached hydrogen (secondary N) is 2. The van der Waals surface area contributed by atoms with Crippen LogP contribution < -0.4 is 10.6 Å². The van der Waals surface area contributed by atoms with Gasteiger partial charge in [0, 0.05) is 39.9 Å². The first-order valence-corrected chi connectivity index (χ1v) is 9.62. The molecule has 2 aromatic carbocycles. The second kappa shape index (κ2) is 9.41. The summed E-state index contributed by atoms with van der Waals surface area (Å²) < 4.78 is 0. The summed E-state index contributed by atoms with van der Waals surface area (Å²) in [4.78, 5) is 26.8. The smallest absolute Gasteiger partial charge is 0.255 e. The molecule has 0 fully saturated rings. The lowest BCUT2D eigenvalue weighted by Crippen LogP contribution is -2.39. The van der Waals surface area contributed by atoms with Crippen LogP contribution in [0.15, 0.2) is 42.5 Å². The van der Waals surface area contributed by atoms with Gasteiger partial charge in [0.15, 0.2) is 0 Å². The number of benzene rings is 2. The number of carbonyl (C=O) groups excluding carboxylic acids is 2. The molecule has 0 atom stereocenters. The van der Waals surface area contributed by atoms with Crippen LogP contribution in [0, 0.1) is 5.41 Å². The minimum absolute atomic E-state index is 0.0364. The Bertz CT molecular complexity index is 829. The SMILES string of the molecule is CN(C)CC(C)(C)CNC(=O)c1ccc(NC(=O)c2cc(Cl)cc(Cl)c2)cc1. The van der Waals surface area contributed by atoms with Gasteiger partial charge >= 0.3 is 0 Å². The molecule has 0 unspecified atom stereocenters. The van der Waals surface area contributed by atoms with Crippen molar-refractivity contribution in [2.75, 3.05) is 32.5 Å². The first kappa shape index (κ1) is 22.2. The maximum Gasteiger partial charge on any atom is 0.255 e. The summed E-state index contributed by atoms with van der Waals surface area (Å²) in [5, 5.41) is 6.51. The third kappa shape index (κ3) is 6.82. The summed E-state index contributed by atoms with van der Waals surface area (Å²) >= 11 is 11.9. The Balaban J connectivity index is 1.97. The molecule has 2 amide bonds. The number of rotatable bonds is 7. The minimum atomic E-state index is -0.327. The Morgan fingerprint density at radius 3 is 2.04 bits per heavy atom. The summed E-state index contributed by atoms with van der Waals surface area (Å²) in [6.45, 7) is 5.64. The van der Waals surface area contributed by atoms with Crippen LogP contribution in [0.4, 0.5) is 5.69 Å². The van der Waals surface area contributed by atoms with Gasteiger partial charge in [-0.1, -0.05) is 37.0 Å². The van der Waals surface area contributed by atoms with E-state index in [0.29, 0.717) is 33.4 Å². The standard InChI is InChI=1S/C21H25Cl2N3O2/c1-21(2,13-26(3)4)12-24-19(27)14-5-7-18(8-6-14)25-20(28)15-9-16(22)11-17(23)10-15/h5-11H,12-13H2,1-4H3,(H,24,27)(H,25,28). The number of nitrogens with zero attached hydrogens (tertiary/aromatic N) is 1. The van der Waals surface area contributed by atoms with Crippen molar-refractivity contribution in [1.82, 2.24) is 10.2 Å². The topological polar surface area (TPSA) is 61.4 Å². The first-order valence-electron chi connectivity index (χ1n) is 8.86. The van der Waals surface area contributed by atoms with Gasteiger partial charge in [-0.15, -0.1) is 0 Å². The van der Waals surface area contributed by atoms with Crippen LogP contribution in [0.2, 0.25) is 10.0 Å². The molecule has 0 spiro atoms. The summed E-state index contributed by atoms with van der Waals surface area (Å²) in [5.74, 6) is -0.474. The molecule has 0 aliphatic rings. The van der Waals surface area contributed by atoms with Crippen molar-refractivity contribution in [3.05, 3.63) is 63.6 Å². The van der Waals surface area contributed by atoms with Gasteiger partial charge in [0.05, 0.1) is 0 Å². The molecule has 7 heteroatoms. The van der Waals surface area contributed by atoms with Gasteiger partial charge in [-0.25, -0.2) is 0 Å². The predicted molar refractivity (Wildman–Crippen MR) is 116 cm³/mol. The summed E-state index contributed by atoms with van der Waals surface area (Å²) in [7, 11) is 4.02. The highest BCUT2D eigenvalue weighted by Crippen LogP contribution is 2.20. The van der Waals surface area contributed by atoms with Crippen molar-refractivity contribution in [3.63, 3.8) is 0 Å². The number of amides is 2. The normalized spacial score (nSPS) is 11.4. The number of anilines is 1. The molecular weight excluding hydrogens is 397 g/mol. The molecule has 150 valence electrons. The third-order valence-electron chi connectivity index (χ3n) is 4.00. The zero-order chi connectivity index (χ0) is 20.9. The number of halogens is 2. The molecular formula is C21H25Cl2N3O2. The maximum atomic E-state index is 12.4. The first-order chi connectivity index (χ1) is 13.1. The highest BCUT2D eigenvalue weighted by Gasteiger charge is 2.20. The van der Waals surface area contributed by atoms with Crippen molar-refractivity contribution >= 4 is 40.7 Å². The molecule has 0 bridgehead atoms. The summed E-state index contributed by atoms with van der Waals surface area (Å²) in [6.07, 6.45) is 0. The maximum absolute atomic E-state index is 12.4. The quantitative estimate of drug-likeness (QED) is 0.688. The van der Waals surface area contributed by atoms with Crippen LogP contribution in [0.25, 0.3) is 0 Å². The summed E-state index contributed by atoms with van der Waals surface area (Å²) in [5.41, 5.74) is 1.43. The van der Waals surface area contributed by atoms with Crippen LogP contribution in [0.3, 0.4) is 0 Å². The van der Waals surface area contributed by atoms with E-state index in [-0.39, 0.29) is 17.2 Å². The van der Waals surface area contributed by atoms with Gasteiger partial charge < -0.3 is 15.5 Å². The average Bonchev–Trinajstić information content (AvgIpc) is 2.58. The fourth-order valence-electron chi connectivity index (χ4n) is 2.93. The van der Waals surface area contributed by atoms with E-state index in [1.54, 1.807) is 42.5 Å². The van der Waals surface area contributed by atoms with Crippen molar-refractivity contribution < 1.29 is 9.59 Å². The van der Waals surface area contributed by atoms with E-state index in [0.717, 1.165) is 6.54 Å². The Kier molecular flexibility index (Phi) is 7.47. The molecule has 5 nitrogen and oxygen atoms in total. The van der Waals surface area contributed by atoms with Crippen molar-refractivity contribution in [3.8, 4) is 0 Å². The van der Waals surface area contributed by atoms with Crippen LogP contribution in [0.5, 0.6) is 0 Å². The van der Waals surface area contributed by atoms with Gasteiger partial charge in [-0.3, -0.25) is 9.59 Å². The molecule has 0 heterocycles. The van der Waals surface area contributed by atoms with E-state index >= 15 is 0 Å². The van der Waals surface area contributed by atoms with Crippen molar-refractivity contribution in [2.45, 2.75) is 13.8 Å². The Hall–Kier alpha value is -2.08. The van der Waals surface area contributed by atoms with E-state index in [4.69, 9.17) is 23.2 Å². The lowest BCUT2D eigenvalue weighted by atomic mass is 9.93. The number of hydrogen-bond donors (Lipinski definition) is 2. The van der Waals surface area contributed by atoms with Crippen molar-refractivity contribution in [1.29, 1.82) is 0 Å². The monoisotopic (exact) mass is 421 g/mol. The van der Waals surface area contributed by atoms with Gasteiger partial charge in [0.2, 0.25) is 0 Å². The zero-order valence-corrected chi connectivity index (χ0v) is 18.0. The molecule has 2 rings (SSSR count). The zero-order valence-electron chi connectivity index (χ0n) is 16.5. The van der Waals surface area contributed by atoms with Crippen molar-refractivity contribution in [2.24, 2.45) is 5.41 Å². The van der Waals surface area contributed by atoms with Gasteiger partial charge in [-0.05, 0) is 62.0 Å². The van der Waals surface area contributed by atoms with Crippen LogP contribution in [-0.4, -0.2) is 43.9 Å². The molecule has 28 heavy (non-hydrogen) atoms. The van der Waals surface area contributed by atoms with Crippen LogP contribution >= 0.6 is 23.2 Å². The van der Waals surface area contributed by atoms with Gasteiger partial charge in [0.25, 0.3) is 11.8 Å². The molecule has 2 N–H and O–H groups in total. The van der Waals surface area contributed by atoms with Crippen LogP contribution in [-0.2, 0) is 0 Å². The van der Waals surface area contributed by atoms with E-state index in [1.807, 2.05) is 14.1 Å². The molecule has 0 saturated carbocycles. The Morgan fingerprint density at radius 2 is 1.50 bits per heavy atom. The largest absolute Gasteiger partial charge is 0.351 e. The molecule has 2 aromatic rings. The van der Waals surface area contributed by atoms with E-state index < -0.39 is 0 Å². The molecule has 0 aromatic heterocycles. The van der Waals surface area contributed by atoms with E-state index in [2.05, 4.69) is 29.4 Å². The predicted octanol–water partition coefficient (Wildman–Crippen LogP) is 4.56. The average molecular weight is 422 g/mol. The molecule has 0 aliphatic carbocycles. The second-order valence-electron chi connectivity index (χ2n) is 7.77. The highest BCUT2D eigenvalue weighted by molar-refractivity contribution is 6.35. The Morgan fingerprint density at radius 1 is 0.929 bits per heavy atom. The Labute approximate surface area is 176 Å². The van der Waals surface area contributed by atoms with E-state index in [9.17, 15) is 9.59 Å². The third-order valence-corrected chi connectivity index (χ3v) is 4.44. The number of hydrogen-bond acceptors (Lipinski definition) is 3. The fraction of sp³-hybridized carbons (Fsp3) is 0.333. The van der Waals surface area contributed by atoms with E-state index in [1.165, 1.54) is 0 Å². The van der Waals surface area contributed by atoms with Gasteiger partial charge in [0.1, 0.15) is 0 Å². The lowest BCUT2D eigenvalue weighted by Gasteiger charge is -2.28. The lowest BCUT2D eigenvalue weighted by molar-refractivity contribution is 0.0929.